The first kappa shape index (κ1) is 9.62. The summed E-state index contributed by atoms with van der Waals surface area (Å²) < 4.78 is 0. The van der Waals surface area contributed by atoms with Gasteiger partial charge in [0.15, 0.2) is 0 Å². The summed E-state index contributed by atoms with van der Waals surface area (Å²) in [4.78, 5) is 0. The molecule has 3 nitrogen and oxygen atoms in total. The van der Waals surface area contributed by atoms with Crippen LogP contribution in [0.3, 0.4) is 0 Å². The van der Waals surface area contributed by atoms with Gasteiger partial charge in [-0.25, -0.2) is 0 Å². The van der Waals surface area contributed by atoms with Crippen LogP contribution in [0.4, 0.5) is 0 Å². The van der Waals surface area contributed by atoms with Crippen LogP contribution >= 0.6 is 0 Å². The highest BCUT2D eigenvalue weighted by Gasteiger charge is 2.13. The number of aliphatic hydroxyl groups excluding tert-OH is 3. The highest BCUT2D eigenvalue weighted by atomic mass is 16.3. The Morgan fingerprint density at radius 2 is 1.90 bits per heavy atom. The Balaban J connectivity index is 3.56. The second-order valence-electron chi connectivity index (χ2n) is 2.35. The zero-order valence-corrected chi connectivity index (χ0v) is 6.07. The van der Waals surface area contributed by atoms with E-state index in [-0.39, 0.29) is 6.42 Å². The minimum absolute atomic E-state index is 0.140. The highest BCUT2D eigenvalue weighted by Crippen LogP contribution is 2.02. The fourth-order valence-corrected chi connectivity index (χ4v) is 0.541. The first-order valence-corrected chi connectivity index (χ1v) is 3.24. The molecule has 0 aliphatic carbocycles. The molecular weight excluding hydrogens is 132 g/mol. The molecule has 0 aromatic rings. The van der Waals surface area contributed by atoms with Crippen molar-refractivity contribution in [3.8, 4) is 0 Å². The molecule has 0 aliphatic rings. The first-order chi connectivity index (χ1) is 4.57. The van der Waals surface area contributed by atoms with Gasteiger partial charge in [0.1, 0.15) is 0 Å². The summed E-state index contributed by atoms with van der Waals surface area (Å²) >= 11 is 0. The molecule has 0 spiro atoms. The van der Waals surface area contributed by atoms with Crippen molar-refractivity contribution < 1.29 is 15.3 Å². The summed E-state index contributed by atoms with van der Waals surface area (Å²) in [7, 11) is 0. The number of hydrogen-bond acceptors (Lipinski definition) is 3. The summed E-state index contributed by atoms with van der Waals surface area (Å²) in [6.07, 6.45) is -0.931. The van der Waals surface area contributed by atoms with Crippen LogP contribution in [0, 0.1) is 0 Å². The zero-order chi connectivity index (χ0) is 8.15. The molecule has 0 radical (unpaired) electrons. The summed E-state index contributed by atoms with van der Waals surface area (Å²) in [6, 6.07) is 0. The van der Waals surface area contributed by atoms with E-state index in [9.17, 15) is 0 Å². The van der Waals surface area contributed by atoms with E-state index in [1.54, 1.807) is 0 Å². The van der Waals surface area contributed by atoms with E-state index in [2.05, 4.69) is 6.58 Å². The molecule has 0 fully saturated rings. The molecule has 3 N–H and O–H groups in total. The van der Waals surface area contributed by atoms with Gasteiger partial charge in [-0.1, -0.05) is 6.08 Å². The molecule has 0 saturated carbocycles. The summed E-state index contributed by atoms with van der Waals surface area (Å²) in [6.45, 7) is 4.80. The smallest absolute Gasteiger partial charge is 0.0824 e. The number of rotatable bonds is 4. The molecule has 0 unspecified atom stereocenters. The predicted octanol–water partition coefficient (Wildman–Crippen LogP) is -0.335. The van der Waals surface area contributed by atoms with E-state index in [0.717, 1.165) is 0 Å². The van der Waals surface area contributed by atoms with Crippen molar-refractivity contribution in [2.45, 2.75) is 31.7 Å². The lowest BCUT2D eigenvalue weighted by Crippen LogP contribution is -2.26. The van der Waals surface area contributed by atoms with Crippen LogP contribution in [0.15, 0.2) is 12.7 Å². The van der Waals surface area contributed by atoms with Gasteiger partial charge in [-0.15, -0.1) is 6.58 Å². The van der Waals surface area contributed by atoms with Crippen LogP contribution in [0.1, 0.15) is 13.3 Å². The fraction of sp³-hybridized carbons (Fsp3) is 0.714. The van der Waals surface area contributed by atoms with Crippen LogP contribution in [0.2, 0.25) is 0 Å². The summed E-state index contributed by atoms with van der Waals surface area (Å²) in [5.41, 5.74) is 0. The van der Waals surface area contributed by atoms with E-state index < -0.39 is 18.3 Å². The third-order valence-corrected chi connectivity index (χ3v) is 1.31. The van der Waals surface area contributed by atoms with Gasteiger partial charge in [-0.2, -0.15) is 0 Å². The highest BCUT2D eigenvalue weighted by molar-refractivity contribution is 4.81. The lowest BCUT2D eigenvalue weighted by molar-refractivity contribution is 0.00578. The Labute approximate surface area is 60.6 Å². The van der Waals surface area contributed by atoms with Crippen molar-refractivity contribution >= 4 is 0 Å². The molecule has 0 aromatic heterocycles. The minimum atomic E-state index is -0.868. The average Bonchev–Trinajstić information content (AvgIpc) is 1.87. The Hall–Kier alpha value is -0.380. The van der Waals surface area contributed by atoms with Crippen molar-refractivity contribution in [3.05, 3.63) is 12.7 Å². The quantitative estimate of drug-likeness (QED) is 0.476. The Morgan fingerprint density at radius 1 is 1.40 bits per heavy atom. The van der Waals surface area contributed by atoms with Gasteiger partial charge in [0.25, 0.3) is 0 Å². The predicted molar refractivity (Wildman–Crippen MR) is 38.5 cm³/mol. The molecule has 0 saturated heterocycles. The van der Waals surface area contributed by atoms with Crippen LogP contribution in [-0.4, -0.2) is 33.6 Å². The molecular formula is C7H14O3. The van der Waals surface area contributed by atoms with Crippen molar-refractivity contribution in [2.24, 2.45) is 0 Å². The lowest BCUT2D eigenvalue weighted by atomic mass is 10.1. The largest absolute Gasteiger partial charge is 0.391 e. The van der Waals surface area contributed by atoms with Gasteiger partial charge in [-0.3, -0.25) is 0 Å². The van der Waals surface area contributed by atoms with E-state index in [4.69, 9.17) is 15.3 Å². The third kappa shape index (κ3) is 3.61. The molecule has 0 bridgehead atoms. The minimum Gasteiger partial charge on any atom is -0.391 e. The van der Waals surface area contributed by atoms with Crippen molar-refractivity contribution in [3.63, 3.8) is 0 Å². The van der Waals surface area contributed by atoms with E-state index in [0.29, 0.717) is 0 Å². The molecule has 3 heteroatoms. The topological polar surface area (TPSA) is 60.7 Å². The van der Waals surface area contributed by atoms with Gasteiger partial charge in [0.2, 0.25) is 0 Å². The molecule has 60 valence electrons. The lowest BCUT2D eigenvalue weighted by Gasteiger charge is -2.14. The SMILES string of the molecule is C=C[C@@H](O)C[C@H](O)[C@H](C)O. The maximum Gasteiger partial charge on any atom is 0.0824 e. The van der Waals surface area contributed by atoms with Gasteiger partial charge >= 0.3 is 0 Å². The second kappa shape index (κ2) is 4.44. The van der Waals surface area contributed by atoms with Gasteiger partial charge in [0, 0.05) is 6.42 Å². The first-order valence-electron chi connectivity index (χ1n) is 3.24. The van der Waals surface area contributed by atoms with E-state index in [1.807, 2.05) is 0 Å². The van der Waals surface area contributed by atoms with Crippen LogP contribution in [0.5, 0.6) is 0 Å². The Bertz CT molecular complexity index is 101. The molecule has 0 heterocycles. The summed E-state index contributed by atoms with van der Waals surface area (Å²) in [5, 5.41) is 26.6. The second-order valence-corrected chi connectivity index (χ2v) is 2.35. The van der Waals surface area contributed by atoms with Gasteiger partial charge < -0.3 is 15.3 Å². The molecule has 0 aromatic carbocycles. The van der Waals surface area contributed by atoms with E-state index in [1.165, 1.54) is 13.0 Å². The van der Waals surface area contributed by atoms with Crippen molar-refractivity contribution in [1.29, 1.82) is 0 Å². The normalized spacial score (nSPS) is 19.6. The van der Waals surface area contributed by atoms with Gasteiger partial charge in [-0.05, 0) is 6.92 Å². The molecule has 0 aliphatic heterocycles. The monoisotopic (exact) mass is 146 g/mol. The van der Waals surface area contributed by atoms with E-state index >= 15 is 0 Å². The maximum atomic E-state index is 8.97. The van der Waals surface area contributed by atoms with Crippen LogP contribution < -0.4 is 0 Å². The Morgan fingerprint density at radius 3 is 2.20 bits per heavy atom. The Kier molecular flexibility index (Phi) is 4.27. The third-order valence-electron chi connectivity index (χ3n) is 1.31. The van der Waals surface area contributed by atoms with Gasteiger partial charge in [0.05, 0.1) is 18.3 Å². The molecule has 10 heavy (non-hydrogen) atoms. The summed E-state index contributed by atoms with van der Waals surface area (Å²) in [5.74, 6) is 0. The molecule has 0 rings (SSSR count). The van der Waals surface area contributed by atoms with Crippen molar-refractivity contribution in [1.82, 2.24) is 0 Å². The maximum absolute atomic E-state index is 8.97. The molecule has 3 atom stereocenters. The van der Waals surface area contributed by atoms with Crippen molar-refractivity contribution in [2.75, 3.05) is 0 Å². The zero-order valence-electron chi connectivity index (χ0n) is 6.07. The fourth-order valence-electron chi connectivity index (χ4n) is 0.541. The van der Waals surface area contributed by atoms with Crippen LogP contribution in [0.25, 0.3) is 0 Å². The number of aliphatic hydroxyl groups is 3. The number of hydrogen-bond donors (Lipinski definition) is 3. The average molecular weight is 146 g/mol. The standard InChI is InChI=1S/C7H14O3/c1-3-6(9)4-7(10)5(2)8/h3,5-10H,1,4H2,2H3/t5-,6+,7-/m0/s1. The van der Waals surface area contributed by atoms with Crippen LogP contribution in [-0.2, 0) is 0 Å². The molecule has 0 amide bonds.